The molecule has 0 N–H and O–H groups in total. The first-order valence-electron chi connectivity index (χ1n) is 5.00. The van der Waals surface area contributed by atoms with Gasteiger partial charge >= 0.3 is 0 Å². The predicted octanol–water partition coefficient (Wildman–Crippen LogP) is 2.61. The number of hydrogen-bond donors (Lipinski definition) is 0. The molecule has 1 aromatic rings. The summed E-state index contributed by atoms with van der Waals surface area (Å²) >= 11 is 0. The molecule has 3 nitrogen and oxygen atoms in total. The molecule has 1 aliphatic rings. The van der Waals surface area contributed by atoms with Crippen molar-refractivity contribution in [2.45, 2.75) is 26.4 Å². The molecular weight excluding hydrogens is 192 g/mol. The Labute approximate surface area is 90.0 Å². The van der Waals surface area contributed by atoms with Gasteiger partial charge in [0.15, 0.2) is 11.5 Å². The number of hydrogen-bond acceptors (Lipinski definition) is 3. The lowest BCUT2D eigenvalue weighted by Crippen LogP contribution is -2.20. The maximum atomic E-state index is 5.47. The van der Waals surface area contributed by atoms with Crippen molar-refractivity contribution in [1.82, 2.24) is 0 Å². The smallest absolute Gasteiger partial charge is 0.231 e. The number of ether oxygens (including phenoxy) is 3. The number of benzene rings is 1. The zero-order valence-electron chi connectivity index (χ0n) is 9.59. The van der Waals surface area contributed by atoms with E-state index in [0.29, 0.717) is 6.79 Å². The molecule has 0 saturated carbocycles. The Balaban J connectivity index is 2.49. The molecule has 0 saturated heterocycles. The Kier molecular flexibility index (Phi) is 2.35. The van der Waals surface area contributed by atoms with E-state index in [4.69, 9.17) is 14.2 Å². The van der Waals surface area contributed by atoms with Crippen LogP contribution in [0.3, 0.4) is 0 Å². The summed E-state index contributed by atoms with van der Waals surface area (Å²) in [6.45, 7) is 6.44. The fraction of sp³-hybridized carbons (Fsp3) is 0.500. The van der Waals surface area contributed by atoms with Crippen molar-refractivity contribution in [3.63, 3.8) is 0 Å². The molecule has 0 unspecified atom stereocenters. The van der Waals surface area contributed by atoms with Crippen molar-refractivity contribution < 1.29 is 14.2 Å². The van der Waals surface area contributed by atoms with Crippen molar-refractivity contribution in [2.75, 3.05) is 13.9 Å². The summed E-state index contributed by atoms with van der Waals surface area (Å²) in [6, 6.07) is 4.00. The predicted molar refractivity (Wildman–Crippen MR) is 57.3 cm³/mol. The highest BCUT2D eigenvalue weighted by Crippen LogP contribution is 2.38. The molecule has 82 valence electrons. The Morgan fingerprint density at radius 3 is 2.40 bits per heavy atom. The lowest BCUT2D eigenvalue weighted by molar-refractivity contribution is 0.0185. The largest absolute Gasteiger partial charge is 0.454 e. The average Bonchev–Trinajstić information content (AvgIpc) is 2.63. The quantitative estimate of drug-likeness (QED) is 0.747. The first-order valence-corrected chi connectivity index (χ1v) is 5.00. The van der Waals surface area contributed by atoms with Crippen LogP contribution in [-0.2, 0) is 10.3 Å². The fourth-order valence-corrected chi connectivity index (χ4v) is 1.80. The van der Waals surface area contributed by atoms with E-state index in [2.05, 4.69) is 6.92 Å². The van der Waals surface area contributed by atoms with Crippen LogP contribution in [0.1, 0.15) is 25.0 Å². The maximum absolute atomic E-state index is 5.47. The highest BCUT2D eigenvalue weighted by molar-refractivity contribution is 5.49. The highest BCUT2D eigenvalue weighted by atomic mass is 16.7. The molecule has 0 aromatic heterocycles. The van der Waals surface area contributed by atoms with E-state index in [0.717, 1.165) is 22.6 Å². The van der Waals surface area contributed by atoms with Crippen LogP contribution >= 0.6 is 0 Å². The van der Waals surface area contributed by atoms with E-state index in [1.54, 1.807) is 7.11 Å². The topological polar surface area (TPSA) is 27.7 Å². The maximum Gasteiger partial charge on any atom is 0.231 e. The van der Waals surface area contributed by atoms with Crippen molar-refractivity contribution >= 4 is 0 Å². The number of rotatable bonds is 2. The van der Waals surface area contributed by atoms with Crippen molar-refractivity contribution in [1.29, 1.82) is 0 Å². The number of aryl methyl sites for hydroxylation is 1. The molecule has 0 spiro atoms. The van der Waals surface area contributed by atoms with E-state index in [-0.39, 0.29) is 5.60 Å². The molecular formula is C12H16O3. The Morgan fingerprint density at radius 2 is 1.80 bits per heavy atom. The van der Waals surface area contributed by atoms with Crippen LogP contribution in [0.4, 0.5) is 0 Å². The van der Waals surface area contributed by atoms with E-state index in [1.807, 2.05) is 26.0 Å². The summed E-state index contributed by atoms with van der Waals surface area (Å²) in [5.41, 5.74) is 1.99. The molecule has 0 amide bonds. The van der Waals surface area contributed by atoms with Crippen molar-refractivity contribution in [3.05, 3.63) is 23.3 Å². The first-order chi connectivity index (χ1) is 7.04. The van der Waals surface area contributed by atoms with E-state index >= 15 is 0 Å². The lowest BCUT2D eigenvalue weighted by atomic mass is 9.93. The zero-order chi connectivity index (χ0) is 11.1. The van der Waals surface area contributed by atoms with Gasteiger partial charge < -0.3 is 14.2 Å². The second-order valence-corrected chi connectivity index (χ2v) is 4.23. The summed E-state index contributed by atoms with van der Waals surface area (Å²) in [5, 5.41) is 0. The van der Waals surface area contributed by atoms with Gasteiger partial charge in [-0.2, -0.15) is 0 Å². The standard InChI is InChI=1S/C12H16O3/c1-8-5-10-11(15-7-14-10)6-9(8)12(2,3)13-4/h5-6H,7H2,1-4H3. The molecule has 0 atom stereocenters. The van der Waals surface area contributed by atoms with Crippen LogP contribution in [0, 0.1) is 6.92 Å². The third-order valence-corrected chi connectivity index (χ3v) is 2.88. The van der Waals surface area contributed by atoms with Gasteiger partial charge in [0.05, 0.1) is 5.60 Å². The summed E-state index contributed by atoms with van der Waals surface area (Å²) in [6.07, 6.45) is 0. The molecule has 3 heteroatoms. The van der Waals surface area contributed by atoms with Gasteiger partial charge in [-0.15, -0.1) is 0 Å². The van der Waals surface area contributed by atoms with Crippen molar-refractivity contribution in [2.24, 2.45) is 0 Å². The highest BCUT2D eigenvalue weighted by Gasteiger charge is 2.25. The molecule has 0 radical (unpaired) electrons. The summed E-state index contributed by atoms with van der Waals surface area (Å²) in [4.78, 5) is 0. The number of methoxy groups -OCH3 is 1. The minimum absolute atomic E-state index is 0.301. The molecule has 1 aliphatic heterocycles. The molecule has 15 heavy (non-hydrogen) atoms. The van der Waals surface area contributed by atoms with Crippen LogP contribution in [0.25, 0.3) is 0 Å². The van der Waals surface area contributed by atoms with Gasteiger partial charge in [-0.3, -0.25) is 0 Å². The molecule has 1 heterocycles. The van der Waals surface area contributed by atoms with Crippen LogP contribution in [-0.4, -0.2) is 13.9 Å². The van der Waals surface area contributed by atoms with Gasteiger partial charge in [-0.1, -0.05) is 0 Å². The summed E-state index contributed by atoms with van der Waals surface area (Å²) < 4.78 is 16.1. The first kappa shape index (κ1) is 10.3. The molecule has 1 aromatic carbocycles. The molecule has 2 rings (SSSR count). The Bertz CT molecular complexity index is 383. The monoisotopic (exact) mass is 208 g/mol. The van der Waals surface area contributed by atoms with Gasteiger partial charge in [0.25, 0.3) is 0 Å². The molecule has 0 bridgehead atoms. The normalized spacial score (nSPS) is 14.4. The van der Waals surface area contributed by atoms with E-state index < -0.39 is 0 Å². The van der Waals surface area contributed by atoms with Crippen LogP contribution in [0.15, 0.2) is 12.1 Å². The molecule has 0 fully saturated rings. The summed E-state index contributed by atoms with van der Waals surface area (Å²) in [7, 11) is 1.71. The van der Waals surface area contributed by atoms with Gasteiger partial charge in [-0.05, 0) is 44.0 Å². The zero-order valence-corrected chi connectivity index (χ0v) is 9.59. The SMILES string of the molecule is COC(C)(C)c1cc2c(cc1C)OCO2. The minimum atomic E-state index is -0.301. The van der Waals surface area contributed by atoms with Gasteiger partial charge in [0.1, 0.15) is 0 Å². The van der Waals surface area contributed by atoms with Crippen molar-refractivity contribution in [3.8, 4) is 11.5 Å². The number of fused-ring (bicyclic) bond motifs is 1. The van der Waals surface area contributed by atoms with Gasteiger partial charge in [0, 0.05) is 7.11 Å². The third-order valence-electron chi connectivity index (χ3n) is 2.88. The van der Waals surface area contributed by atoms with Gasteiger partial charge in [0.2, 0.25) is 6.79 Å². The molecule has 0 aliphatic carbocycles. The Morgan fingerprint density at radius 1 is 1.20 bits per heavy atom. The second-order valence-electron chi connectivity index (χ2n) is 4.23. The second kappa shape index (κ2) is 3.42. The Hall–Kier alpha value is -1.22. The minimum Gasteiger partial charge on any atom is -0.454 e. The average molecular weight is 208 g/mol. The van der Waals surface area contributed by atoms with Crippen LogP contribution in [0.5, 0.6) is 11.5 Å². The summed E-state index contributed by atoms with van der Waals surface area (Å²) in [5.74, 6) is 1.63. The lowest BCUT2D eigenvalue weighted by Gasteiger charge is -2.25. The van der Waals surface area contributed by atoms with E-state index in [1.165, 1.54) is 0 Å². The van der Waals surface area contributed by atoms with Crippen LogP contribution < -0.4 is 9.47 Å². The van der Waals surface area contributed by atoms with Crippen LogP contribution in [0.2, 0.25) is 0 Å². The van der Waals surface area contributed by atoms with Gasteiger partial charge in [-0.25, -0.2) is 0 Å². The van der Waals surface area contributed by atoms with E-state index in [9.17, 15) is 0 Å². The third kappa shape index (κ3) is 1.67. The fourth-order valence-electron chi connectivity index (χ4n) is 1.80.